The topological polar surface area (TPSA) is 46.6 Å². The fourth-order valence-corrected chi connectivity index (χ4v) is 9.83. The second kappa shape index (κ2) is 10.7. The van der Waals surface area contributed by atoms with Crippen molar-refractivity contribution in [3.05, 3.63) is 71.8 Å². The number of benzene rings is 2. The molecule has 0 heterocycles. The summed E-state index contributed by atoms with van der Waals surface area (Å²) in [7, 11) is 2.17. The Morgan fingerprint density at radius 3 is 2.30 bits per heavy atom. The number of fused-ring (bicyclic) bond motifs is 5. The fraction of sp³-hybridized carbons (Fsp3) is 0.611. The maximum Gasteiger partial charge on any atom is 0.310 e. The van der Waals surface area contributed by atoms with Crippen LogP contribution in [0, 0.1) is 34.5 Å². The molecule has 40 heavy (non-hydrogen) atoms. The normalized spacial score (nSPS) is 37.0. The first-order chi connectivity index (χ1) is 19.2. The Morgan fingerprint density at radius 2 is 1.57 bits per heavy atom. The minimum absolute atomic E-state index is 0.0735. The van der Waals surface area contributed by atoms with E-state index in [1.54, 1.807) is 0 Å². The van der Waals surface area contributed by atoms with Crippen molar-refractivity contribution in [2.75, 3.05) is 13.6 Å². The van der Waals surface area contributed by atoms with E-state index in [-0.39, 0.29) is 16.8 Å². The van der Waals surface area contributed by atoms with Gasteiger partial charge in [-0.3, -0.25) is 14.5 Å². The van der Waals surface area contributed by atoms with Crippen LogP contribution in [0.5, 0.6) is 0 Å². The summed E-state index contributed by atoms with van der Waals surface area (Å²) in [4.78, 5) is 28.6. The van der Waals surface area contributed by atoms with Gasteiger partial charge in [0.05, 0.1) is 6.42 Å². The van der Waals surface area contributed by atoms with E-state index < -0.39 is 5.60 Å². The molecule has 0 aliphatic heterocycles. The van der Waals surface area contributed by atoms with Crippen LogP contribution in [0.1, 0.15) is 82.8 Å². The zero-order chi connectivity index (χ0) is 28.0. The quantitative estimate of drug-likeness (QED) is 0.346. The first-order valence-corrected chi connectivity index (χ1v) is 15.7. The Kier molecular flexibility index (Phi) is 7.44. The molecule has 0 aromatic heterocycles. The largest absolute Gasteiger partial charge is 0.457 e. The molecule has 4 saturated carbocycles. The van der Waals surface area contributed by atoms with Gasteiger partial charge in [0, 0.05) is 24.9 Å². The summed E-state index contributed by atoms with van der Waals surface area (Å²) >= 11 is 0. The highest BCUT2D eigenvalue weighted by molar-refractivity contribution is 5.87. The third-order valence-electron chi connectivity index (χ3n) is 11.9. The van der Waals surface area contributed by atoms with Crippen molar-refractivity contribution < 1.29 is 14.3 Å². The maximum absolute atomic E-state index is 13.4. The van der Waals surface area contributed by atoms with E-state index in [1.807, 2.05) is 30.3 Å². The van der Waals surface area contributed by atoms with E-state index in [1.165, 1.54) is 24.8 Å². The molecule has 214 valence electrons. The minimum atomic E-state index is -0.459. The summed E-state index contributed by atoms with van der Waals surface area (Å²) < 4.78 is 6.60. The van der Waals surface area contributed by atoms with E-state index in [2.05, 4.69) is 56.1 Å². The van der Waals surface area contributed by atoms with Crippen molar-refractivity contribution in [1.82, 2.24) is 4.90 Å². The number of ether oxygens (including phenoxy) is 1. The maximum atomic E-state index is 13.4. The predicted octanol–water partition coefficient (Wildman–Crippen LogP) is 7.25. The van der Waals surface area contributed by atoms with Crippen LogP contribution < -0.4 is 0 Å². The molecule has 6 rings (SSSR count). The highest BCUT2D eigenvalue weighted by Crippen LogP contribution is 2.66. The van der Waals surface area contributed by atoms with Crippen LogP contribution in [0.3, 0.4) is 0 Å². The molecule has 0 unspecified atom stereocenters. The Labute approximate surface area is 240 Å². The molecule has 4 fully saturated rings. The molecule has 2 aromatic rings. The first kappa shape index (κ1) is 27.7. The summed E-state index contributed by atoms with van der Waals surface area (Å²) in [5.41, 5.74) is 2.03. The van der Waals surface area contributed by atoms with Crippen LogP contribution in [0.15, 0.2) is 60.7 Å². The molecular formula is C36H47NO3. The lowest BCUT2D eigenvalue weighted by Crippen LogP contribution is -2.58. The van der Waals surface area contributed by atoms with Gasteiger partial charge in [0.15, 0.2) is 0 Å². The lowest BCUT2D eigenvalue weighted by atomic mass is 9.44. The second-order valence-corrected chi connectivity index (χ2v) is 14.3. The number of nitrogens with zero attached hydrogens (tertiary/aromatic N) is 1. The number of Topliss-reactive ketones (excluding diaryl/α,β-unsaturated/α-hetero) is 1. The van der Waals surface area contributed by atoms with Crippen LogP contribution in [0.4, 0.5) is 0 Å². The minimum Gasteiger partial charge on any atom is -0.457 e. The zero-order valence-corrected chi connectivity index (χ0v) is 24.7. The van der Waals surface area contributed by atoms with Crippen molar-refractivity contribution in [2.24, 2.45) is 34.5 Å². The van der Waals surface area contributed by atoms with Crippen molar-refractivity contribution in [2.45, 2.75) is 90.2 Å². The second-order valence-electron chi connectivity index (χ2n) is 14.3. The lowest BCUT2D eigenvalue weighted by molar-refractivity contribution is -0.186. The molecule has 2 aromatic carbocycles. The van der Waals surface area contributed by atoms with Crippen LogP contribution in [0.25, 0.3) is 0 Å². The zero-order valence-electron chi connectivity index (χ0n) is 24.7. The third kappa shape index (κ3) is 5.06. The van der Waals surface area contributed by atoms with Crippen LogP contribution >= 0.6 is 0 Å². The highest BCUT2D eigenvalue weighted by Gasteiger charge is 2.62. The molecule has 4 heteroatoms. The molecule has 0 bridgehead atoms. The van der Waals surface area contributed by atoms with Crippen molar-refractivity contribution in [3.63, 3.8) is 0 Å². The van der Waals surface area contributed by atoms with Gasteiger partial charge < -0.3 is 4.74 Å². The molecule has 0 saturated heterocycles. The monoisotopic (exact) mass is 541 g/mol. The summed E-state index contributed by atoms with van der Waals surface area (Å²) in [5, 5.41) is 0. The van der Waals surface area contributed by atoms with Gasteiger partial charge in [0.1, 0.15) is 11.4 Å². The first-order valence-electron chi connectivity index (χ1n) is 15.7. The number of esters is 1. The third-order valence-corrected chi connectivity index (χ3v) is 11.9. The van der Waals surface area contributed by atoms with E-state index in [0.717, 1.165) is 57.2 Å². The van der Waals surface area contributed by atoms with Gasteiger partial charge >= 0.3 is 5.97 Å². The molecular weight excluding hydrogens is 494 g/mol. The highest BCUT2D eigenvalue weighted by atomic mass is 16.6. The van der Waals surface area contributed by atoms with Crippen LogP contribution in [0.2, 0.25) is 0 Å². The van der Waals surface area contributed by atoms with Gasteiger partial charge in [-0.1, -0.05) is 74.5 Å². The van der Waals surface area contributed by atoms with Gasteiger partial charge in [-0.05, 0) is 98.6 Å². The van der Waals surface area contributed by atoms with Crippen molar-refractivity contribution >= 4 is 11.8 Å². The van der Waals surface area contributed by atoms with Gasteiger partial charge in [-0.2, -0.15) is 0 Å². The van der Waals surface area contributed by atoms with Gasteiger partial charge in [-0.15, -0.1) is 0 Å². The number of carbonyl (C=O) groups is 2. The average Bonchev–Trinajstić information content (AvgIpc) is 3.24. The summed E-state index contributed by atoms with van der Waals surface area (Å²) in [5.74, 6) is 2.92. The molecule has 0 N–H and O–H groups in total. The standard InChI is InChI=1S/C36H47NO3/c1-34-20-21-36(25-37(3)24-27-12-8-5-9-13-27,40-33(39)22-26-10-6-4-7-11-26)23-28(34)14-15-29-30-16-17-32(38)35(30,2)19-18-31(29)34/h4-13,28-31H,14-25H2,1-3H3/t28-,29-,30-,31-,34-,35-,36+/m0/s1. The Morgan fingerprint density at radius 1 is 0.875 bits per heavy atom. The number of hydrogen-bond acceptors (Lipinski definition) is 4. The smallest absolute Gasteiger partial charge is 0.310 e. The molecule has 4 aliphatic carbocycles. The van der Waals surface area contributed by atoms with Crippen LogP contribution in [-0.4, -0.2) is 35.8 Å². The predicted molar refractivity (Wildman–Crippen MR) is 158 cm³/mol. The molecule has 0 spiro atoms. The van der Waals surface area contributed by atoms with E-state index in [9.17, 15) is 9.59 Å². The average molecular weight is 542 g/mol. The Bertz CT molecular complexity index is 1210. The van der Waals surface area contributed by atoms with E-state index in [4.69, 9.17) is 4.74 Å². The summed E-state index contributed by atoms with van der Waals surface area (Å²) in [6.07, 6.45) is 9.87. The number of ketones is 1. The Hall–Kier alpha value is -2.46. The lowest BCUT2D eigenvalue weighted by Gasteiger charge is -2.61. The molecule has 0 radical (unpaired) electrons. The molecule has 4 nitrogen and oxygen atoms in total. The molecule has 7 atom stereocenters. The van der Waals surface area contributed by atoms with Crippen LogP contribution in [-0.2, 0) is 27.3 Å². The summed E-state index contributed by atoms with van der Waals surface area (Å²) in [6.45, 7) is 6.44. The number of carbonyl (C=O) groups excluding carboxylic acids is 2. The van der Waals surface area contributed by atoms with Crippen molar-refractivity contribution in [3.8, 4) is 0 Å². The van der Waals surface area contributed by atoms with Gasteiger partial charge in [0.25, 0.3) is 0 Å². The Balaban J connectivity index is 1.22. The fourth-order valence-electron chi connectivity index (χ4n) is 9.83. The summed E-state index contributed by atoms with van der Waals surface area (Å²) in [6, 6.07) is 20.6. The molecule has 0 amide bonds. The number of rotatable bonds is 7. The van der Waals surface area contributed by atoms with Gasteiger partial charge in [-0.25, -0.2) is 0 Å². The van der Waals surface area contributed by atoms with Gasteiger partial charge in [0.2, 0.25) is 0 Å². The van der Waals surface area contributed by atoms with Crippen molar-refractivity contribution in [1.29, 1.82) is 0 Å². The number of likely N-dealkylation sites (N-methyl/N-ethyl adjacent to an activating group) is 1. The van der Waals surface area contributed by atoms with E-state index >= 15 is 0 Å². The van der Waals surface area contributed by atoms with E-state index in [0.29, 0.717) is 35.9 Å². The SMILES string of the molecule is CN(Cc1ccccc1)C[C@@]1(OC(=O)Cc2ccccc2)CC[C@@]2(C)[C@@H](CC[C@@H]3[C@@H]2CC[C@]2(C)C(=O)CC[C@@H]32)C1. The number of hydrogen-bond donors (Lipinski definition) is 0. The molecule has 4 aliphatic rings.